The summed E-state index contributed by atoms with van der Waals surface area (Å²) in [4.78, 5) is 17.1. The van der Waals surface area contributed by atoms with Crippen molar-refractivity contribution in [2.75, 3.05) is 20.6 Å². The summed E-state index contributed by atoms with van der Waals surface area (Å²) in [6, 6.07) is 5.86. The van der Waals surface area contributed by atoms with E-state index in [9.17, 15) is 4.79 Å². The third kappa shape index (κ3) is 4.48. The number of H-pyrrole nitrogens is 1. The van der Waals surface area contributed by atoms with Crippen LogP contribution < -0.4 is 4.74 Å². The summed E-state index contributed by atoms with van der Waals surface area (Å²) in [5, 5.41) is 1.06. The van der Waals surface area contributed by atoms with Gasteiger partial charge in [0.05, 0.1) is 5.92 Å². The van der Waals surface area contributed by atoms with Gasteiger partial charge in [0.15, 0.2) is 0 Å². The maximum atomic E-state index is 11.7. The molecule has 2 rings (SSSR count). The van der Waals surface area contributed by atoms with Crippen LogP contribution in [-0.4, -0.2) is 42.8 Å². The Balaban J connectivity index is 2.19. The quantitative estimate of drug-likeness (QED) is 0.629. The van der Waals surface area contributed by atoms with E-state index in [1.807, 2.05) is 24.4 Å². The highest BCUT2D eigenvalue weighted by Crippen LogP contribution is 2.30. The molecule has 0 aliphatic rings. The molecule has 0 bridgehead atoms. The number of nitrogens with one attached hydrogen (secondary N) is 1. The molecule has 0 amide bonds. The van der Waals surface area contributed by atoms with Crippen LogP contribution in [0.4, 0.5) is 0 Å². The lowest BCUT2D eigenvalue weighted by Gasteiger charge is -2.18. The molecule has 5 nitrogen and oxygen atoms in total. The molecule has 1 atom stereocenters. The van der Waals surface area contributed by atoms with Crippen molar-refractivity contribution in [1.82, 2.24) is 9.88 Å². The van der Waals surface area contributed by atoms with E-state index in [2.05, 4.69) is 24.0 Å². The average Bonchev–Trinajstić information content (AvgIpc) is 2.89. The van der Waals surface area contributed by atoms with Crippen molar-refractivity contribution >= 4 is 16.9 Å². The Morgan fingerprint density at radius 1 is 1.26 bits per heavy atom. The zero-order valence-electron chi connectivity index (χ0n) is 14.6. The Morgan fingerprint density at radius 3 is 2.65 bits per heavy atom. The van der Waals surface area contributed by atoms with Gasteiger partial charge in [-0.1, -0.05) is 19.9 Å². The van der Waals surface area contributed by atoms with Crippen molar-refractivity contribution in [3.63, 3.8) is 0 Å². The molecule has 0 aliphatic heterocycles. The minimum Gasteiger partial charge on any atom is -0.454 e. The summed E-state index contributed by atoms with van der Waals surface area (Å²) >= 11 is 0. The molecule has 0 saturated carbocycles. The van der Waals surface area contributed by atoms with E-state index in [0.29, 0.717) is 0 Å². The number of fused-ring (bicyclic) bond motifs is 1. The molecule has 1 heterocycles. The van der Waals surface area contributed by atoms with E-state index in [1.54, 1.807) is 20.8 Å². The van der Waals surface area contributed by atoms with Gasteiger partial charge in [-0.2, -0.15) is 0 Å². The van der Waals surface area contributed by atoms with Gasteiger partial charge in [-0.15, -0.1) is 0 Å². The molecule has 1 unspecified atom stereocenters. The first-order chi connectivity index (χ1) is 10.9. The summed E-state index contributed by atoms with van der Waals surface area (Å²) in [6.07, 6.45) is 2.33. The number of likely N-dealkylation sites (N-methyl/N-ethyl adjacent to an activating group) is 1. The molecule has 0 saturated heterocycles. The maximum Gasteiger partial charge on any atom is 0.311 e. The van der Waals surface area contributed by atoms with Gasteiger partial charge >= 0.3 is 5.97 Å². The number of carbonyl (C=O) groups excluding carboxylic acids is 1. The molecule has 23 heavy (non-hydrogen) atoms. The standard InChI is InChI=1S/C18H26N2O3/c1-12(2)18(21)23-13(3)22-16-8-6-7-15-17(16)14(11-19-15)9-10-20(4)5/h6-8,11-13,19H,9-10H2,1-5H3. The number of benzene rings is 1. The van der Waals surface area contributed by atoms with E-state index in [4.69, 9.17) is 9.47 Å². The van der Waals surface area contributed by atoms with Crippen LogP contribution in [0.25, 0.3) is 10.9 Å². The van der Waals surface area contributed by atoms with Crippen molar-refractivity contribution in [3.8, 4) is 5.75 Å². The van der Waals surface area contributed by atoms with Crippen molar-refractivity contribution in [1.29, 1.82) is 0 Å². The third-order valence-electron chi connectivity index (χ3n) is 3.62. The first-order valence-corrected chi connectivity index (χ1v) is 7.99. The average molecular weight is 318 g/mol. The summed E-state index contributed by atoms with van der Waals surface area (Å²) < 4.78 is 11.2. The molecule has 5 heteroatoms. The van der Waals surface area contributed by atoms with Gasteiger partial charge < -0.3 is 19.4 Å². The fourth-order valence-electron chi connectivity index (χ4n) is 2.36. The molecule has 0 radical (unpaired) electrons. The molecule has 1 aromatic carbocycles. The van der Waals surface area contributed by atoms with Crippen molar-refractivity contribution < 1.29 is 14.3 Å². The van der Waals surface area contributed by atoms with Crippen LogP contribution in [0, 0.1) is 5.92 Å². The largest absolute Gasteiger partial charge is 0.454 e. The summed E-state index contributed by atoms with van der Waals surface area (Å²) in [5.74, 6) is 0.313. The van der Waals surface area contributed by atoms with E-state index in [1.165, 1.54) is 5.56 Å². The highest BCUT2D eigenvalue weighted by atomic mass is 16.7. The van der Waals surface area contributed by atoms with E-state index < -0.39 is 6.29 Å². The predicted octanol–water partition coefficient (Wildman–Crippen LogP) is 3.20. The predicted molar refractivity (Wildman–Crippen MR) is 91.6 cm³/mol. The van der Waals surface area contributed by atoms with Crippen LogP contribution in [0.5, 0.6) is 5.75 Å². The van der Waals surface area contributed by atoms with Crippen LogP contribution in [0.3, 0.4) is 0 Å². The fourth-order valence-corrected chi connectivity index (χ4v) is 2.36. The number of hydrogen-bond acceptors (Lipinski definition) is 4. The van der Waals surface area contributed by atoms with E-state index in [-0.39, 0.29) is 11.9 Å². The Morgan fingerprint density at radius 2 is 2.00 bits per heavy atom. The molecule has 1 aromatic heterocycles. The van der Waals surface area contributed by atoms with Gasteiger partial charge in [0, 0.05) is 30.6 Å². The van der Waals surface area contributed by atoms with Gasteiger partial charge in [-0.25, -0.2) is 0 Å². The van der Waals surface area contributed by atoms with E-state index >= 15 is 0 Å². The number of nitrogens with zero attached hydrogens (tertiary/aromatic N) is 1. The summed E-state index contributed by atoms with van der Waals surface area (Å²) in [7, 11) is 4.11. The number of ether oxygens (including phenoxy) is 2. The van der Waals surface area contributed by atoms with Crippen LogP contribution in [-0.2, 0) is 16.0 Å². The smallest absolute Gasteiger partial charge is 0.311 e. The molecule has 126 valence electrons. The molecule has 1 N–H and O–H groups in total. The minimum absolute atomic E-state index is 0.167. The number of carbonyl (C=O) groups is 1. The topological polar surface area (TPSA) is 54.6 Å². The van der Waals surface area contributed by atoms with Crippen LogP contribution in [0.2, 0.25) is 0 Å². The normalized spacial score (nSPS) is 12.8. The third-order valence-corrected chi connectivity index (χ3v) is 3.62. The molecular weight excluding hydrogens is 292 g/mol. The van der Waals surface area contributed by atoms with Crippen LogP contribution in [0.1, 0.15) is 26.3 Å². The van der Waals surface area contributed by atoms with Gasteiger partial charge in [0.25, 0.3) is 0 Å². The Hall–Kier alpha value is -2.01. The monoisotopic (exact) mass is 318 g/mol. The zero-order chi connectivity index (χ0) is 17.0. The SMILES string of the molecule is CC(OC(=O)C(C)C)Oc1cccc2[nH]cc(CCN(C)C)c12. The fraction of sp³-hybridized carbons (Fsp3) is 0.500. The number of aromatic nitrogens is 1. The van der Waals surface area contributed by atoms with Crippen molar-refractivity contribution in [3.05, 3.63) is 30.0 Å². The number of hydrogen-bond donors (Lipinski definition) is 1. The van der Waals surface area contributed by atoms with Crippen molar-refractivity contribution in [2.45, 2.75) is 33.5 Å². The molecule has 2 aromatic rings. The summed E-state index contributed by atoms with van der Waals surface area (Å²) in [6.45, 7) is 6.31. The molecule has 0 aliphatic carbocycles. The zero-order valence-corrected chi connectivity index (χ0v) is 14.6. The minimum atomic E-state index is -0.618. The number of rotatable bonds is 7. The lowest BCUT2D eigenvalue weighted by Crippen LogP contribution is -2.23. The first kappa shape index (κ1) is 17.3. The van der Waals surface area contributed by atoms with Crippen LogP contribution in [0.15, 0.2) is 24.4 Å². The highest BCUT2D eigenvalue weighted by molar-refractivity contribution is 5.89. The Labute approximate surface area is 137 Å². The Kier molecular flexibility index (Phi) is 5.66. The lowest BCUT2D eigenvalue weighted by atomic mass is 10.1. The van der Waals surface area contributed by atoms with Gasteiger partial charge in [0.2, 0.25) is 6.29 Å². The van der Waals surface area contributed by atoms with Crippen LogP contribution >= 0.6 is 0 Å². The van der Waals surface area contributed by atoms with Gasteiger partial charge in [0.1, 0.15) is 5.75 Å². The number of esters is 1. The summed E-state index contributed by atoms with van der Waals surface area (Å²) in [5.41, 5.74) is 2.23. The highest BCUT2D eigenvalue weighted by Gasteiger charge is 2.16. The first-order valence-electron chi connectivity index (χ1n) is 7.99. The maximum absolute atomic E-state index is 11.7. The van der Waals surface area contributed by atoms with Crippen molar-refractivity contribution in [2.24, 2.45) is 5.92 Å². The second-order valence-corrected chi connectivity index (χ2v) is 6.32. The number of aromatic amines is 1. The van der Waals surface area contributed by atoms with Gasteiger partial charge in [-0.3, -0.25) is 4.79 Å². The second kappa shape index (κ2) is 7.51. The Bertz CT molecular complexity index is 661. The lowest BCUT2D eigenvalue weighted by molar-refractivity contribution is -0.165. The van der Waals surface area contributed by atoms with Gasteiger partial charge in [-0.05, 0) is 38.2 Å². The molecule has 0 fully saturated rings. The molecular formula is C18H26N2O3. The molecule has 0 spiro atoms. The second-order valence-electron chi connectivity index (χ2n) is 6.32. The van der Waals surface area contributed by atoms with E-state index in [0.717, 1.165) is 29.6 Å².